The van der Waals surface area contributed by atoms with Crippen LogP contribution in [-0.4, -0.2) is 73.1 Å². The monoisotopic (exact) mass is 176 g/mol. The molecule has 5 nitrogen and oxygen atoms in total. The van der Waals surface area contributed by atoms with Crippen LogP contribution in [0.4, 0.5) is 0 Å². The van der Waals surface area contributed by atoms with Crippen LogP contribution >= 0.6 is 0 Å². The maximum atomic E-state index is 9.97. The van der Waals surface area contributed by atoms with Crippen LogP contribution in [0.25, 0.3) is 0 Å². The number of esters is 1. The molecular weight excluding hydrogens is 168 g/mol. The summed E-state index contributed by atoms with van der Waals surface area (Å²) >= 11 is 0. The second-order valence-electron chi connectivity index (χ2n) is 1.16. The molecule has 0 unspecified atom stereocenters. The van der Waals surface area contributed by atoms with Gasteiger partial charge in [0.15, 0.2) is 0 Å². The van der Waals surface area contributed by atoms with E-state index >= 15 is 0 Å². The van der Waals surface area contributed by atoms with E-state index in [1.165, 1.54) is 0 Å². The van der Waals surface area contributed by atoms with Crippen molar-refractivity contribution in [1.29, 1.82) is 0 Å². The molecule has 56 valence electrons. The number of carboxylic acid groups (broad SMARTS) is 1. The summed E-state index contributed by atoms with van der Waals surface area (Å²) in [5, 5.41) is 15.9. The maximum absolute atomic E-state index is 9.97. The van der Waals surface area contributed by atoms with E-state index < -0.39 is 11.9 Å². The minimum absolute atomic E-state index is 0. The third-order valence-corrected chi connectivity index (χ3v) is 0.499. The molecule has 0 radical (unpaired) electrons. The van der Waals surface area contributed by atoms with Gasteiger partial charge in [-0.1, -0.05) is 0 Å². The number of aliphatic hydroxyl groups excluding tert-OH is 1. The molecule has 0 aromatic heterocycles. The minimum atomic E-state index is -1.65. The summed E-state index contributed by atoms with van der Waals surface area (Å²) in [7, 11) is 0. The smallest absolute Gasteiger partial charge is 1.00 e. The SMILES string of the molecule is O=C(O)C(=O)OCCO.[Ca+2].[H-].[H-]. The molecule has 0 atom stereocenters. The molecule has 2 N–H and O–H groups in total. The van der Waals surface area contributed by atoms with Crippen molar-refractivity contribution in [2.45, 2.75) is 0 Å². The number of carboxylic acids is 1. The summed E-state index contributed by atoms with van der Waals surface area (Å²) in [6.45, 7) is -0.635. The van der Waals surface area contributed by atoms with E-state index in [4.69, 9.17) is 10.2 Å². The predicted octanol–water partition coefficient (Wildman–Crippen LogP) is -1.55. The van der Waals surface area contributed by atoms with Gasteiger partial charge in [0.1, 0.15) is 6.61 Å². The van der Waals surface area contributed by atoms with Crippen LogP contribution in [0.2, 0.25) is 0 Å². The molecule has 0 saturated carbocycles. The molecule has 0 aromatic rings. The summed E-state index contributed by atoms with van der Waals surface area (Å²) < 4.78 is 3.96. The van der Waals surface area contributed by atoms with Crippen molar-refractivity contribution < 1.29 is 27.4 Å². The average molecular weight is 176 g/mol. The molecule has 0 aromatic carbocycles. The largest absolute Gasteiger partial charge is 2.00 e. The summed E-state index contributed by atoms with van der Waals surface area (Å²) in [5.41, 5.74) is 0. The van der Waals surface area contributed by atoms with E-state index in [0.29, 0.717) is 0 Å². The van der Waals surface area contributed by atoms with E-state index in [0.717, 1.165) is 0 Å². The van der Waals surface area contributed by atoms with Gasteiger partial charge < -0.3 is 17.8 Å². The van der Waals surface area contributed by atoms with E-state index in [1.54, 1.807) is 0 Å². The number of hydrogen-bond acceptors (Lipinski definition) is 4. The van der Waals surface area contributed by atoms with Crippen LogP contribution in [0.1, 0.15) is 2.85 Å². The Morgan fingerprint density at radius 3 is 2.30 bits per heavy atom. The molecule has 0 rings (SSSR count). The molecule has 0 aliphatic heterocycles. The van der Waals surface area contributed by atoms with Crippen molar-refractivity contribution in [3.8, 4) is 0 Å². The molecule has 10 heavy (non-hydrogen) atoms. The third-order valence-electron chi connectivity index (χ3n) is 0.499. The molecular formula is C4H8CaO5. The van der Waals surface area contributed by atoms with E-state index in [9.17, 15) is 9.59 Å². The normalized spacial score (nSPS) is 7.70. The van der Waals surface area contributed by atoms with Crippen LogP contribution in [0, 0.1) is 0 Å². The van der Waals surface area contributed by atoms with Gasteiger partial charge in [0.2, 0.25) is 0 Å². The first-order chi connectivity index (χ1) is 4.18. The average Bonchev–Trinajstić information content (AvgIpc) is 1.82. The summed E-state index contributed by atoms with van der Waals surface area (Å²) in [4.78, 5) is 19.6. The Kier molecular flexibility index (Phi) is 9.31. The third kappa shape index (κ3) is 6.28. The van der Waals surface area contributed by atoms with Crippen LogP contribution in [-0.2, 0) is 14.3 Å². The van der Waals surface area contributed by atoms with E-state index in [1.807, 2.05) is 0 Å². The quantitative estimate of drug-likeness (QED) is 0.302. The van der Waals surface area contributed by atoms with Gasteiger partial charge in [-0.25, -0.2) is 9.59 Å². The fourth-order valence-corrected chi connectivity index (χ4v) is 0.200. The second kappa shape index (κ2) is 7.27. The number of ether oxygens (including phenoxy) is 1. The zero-order valence-corrected chi connectivity index (χ0v) is 7.45. The van der Waals surface area contributed by atoms with Crippen molar-refractivity contribution in [1.82, 2.24) is 0 Å². The maximum Gasteiger partial charge on any atom is 2.00 e. The Balaban J connectivity index is -0.000000107. The molecule has 0 spiro atoms. The van der Waals surface area contributed by atoms with Crippen LogP contribution in [0.5, 0.6) is 0 Å². The van der Waals surface area contributed by atoms with Crippen molar-refractivity contribution in [3.63, 3.8) is 0 Å². The molecule has 0 bridgehead atoms. The molecule has 0 amide bonds. The number of carbonyl (C=O) groups is 2. The van der Waals surface area contributed by atoms with Crippen molar-refractivity contribution in [3.05, 3.63) is 0 Å². The van der Waals surface area contributed by atoms with Crippen molar-refractivity contribution in [2.24, 2.45) is 0 Å². The number of aliphatic carboxylic acids is 1. The molecule has 0 aliphatic carbocycles. The molecule has 0 fully saturated rings. The Morgan fingerprint density at radius 2 is 2.00 bits per heavy atom. The van der Waals surface area contributed by atoms with Gasteiger partial charge in [0, 0.05) is 0 Å². The molecule has 0 aliphatic rings. The van der Waals surface area contributed by atoms with E-state index in [2.05, 4.69) is 4.74 Å². The Labute approximate surface area is 89.9 Å². The van der Waals surface area contributed by atoms with Gasteiger partial charge in [-0.05, 0) is 0 Å². The number of carbonyl (C=O) groups excluding carboxylic acids is 1. The van der Waals surface area contributed by atoms with Crippen LogP contribution in [0.15, 0.2) is 0 Å². The van der Waals surface area contributed by atoms with Gasteiger partial charge in [-0.15, -0.1) is 0 Å². The Morgan fingerprint density at radius 1 is 1.50 bits per heavy atom. The fourth-order valence-electron chi connectivity index (χ4n) is 0.200. The van der Waals surface area contributed by atoms with Crippen molar-refractivity contribution >= 4 is 49.7 Å². The first kappa shape index (κ1) is 12.8. The Bertz CT molecular complexity index is 131. The molecule has 6 heteroatoms. The topological polar surface area (TPSA) is 83.8 Å². The second-order valence-corrected chi connectivity index (χ2v) is 1.16. The summed E-state index contributed by atoms with van der Waals surface area (Å²) in [6, 6.07) is 0. The van der Waals surface area contributed by atoms with Crippen LogP contribution < -0.4 is 0 Å². The minimum Gasteiger partial charge on any atom is -1.00 e. The standard InChI is InChI=1S/C4H6O5.Ca.2H/c5-1-2-9-4(8)3(6)7;;;/h5H,1-2H2,(H,6,7);;;/q;+2;2*-1. The zero-order valence-electron chi connectivity index (χ0n) is 7.24. The van der Waals surface area contributed by atoms with Gasteiger partial charge in [0.05, 0.1) is 6.61 Å². The predicted molar refractivity (Wildman–Crippen MR) is 33.7 cm³/mol. The van der Waals surface area contributed by atoms with Gasteiger partial charge >= 0.3 is 49.7 Å². The van der Waals surface area contributed by atoms with Crippen molar-refractivity contribution in [2.75, 3.05) is 13.2 Å². The van der Waals surface area contributed by atoms with E-state index in [-0.39, 0.29) is 53.8 Å². The van der Waals surface area contributed by atoms with Gasteiger partial charge in [-0.2, -0.15) is 0 Å². The fraction of sp³-hybridized carbons (Fsp3) is 0.500. The Hall–Kier alpha value is 0.160. The zero-order chi connectivity index (χ0) is 7.28. The first-order valence-corrected chi connectivity index (χ1v) is 2.19. The number of hydrogen-bond donors (Lipinski definition) is 2. The van der Waals surface area contributed by atoms with Crippen LogP contribution in [0.3, 0.4) is 0 Å². The first-order valence-electron chi connectivity index (χ1n) is 2.19. The number of aliphatic hydroxyl groups is 1. The van der Waals surface area contributed by atoms with Gasteiger partial charge in [0.25, 0.3) is 0 Å². The number of rotatable bonds is 2. The van der Waals surface area contributed by atoms with Gasteiger partial charge in [-0.3, -0.25) is 0 Å². The summed E-state index contributed by atoms with van der Waals surface area (Å²) in [5.74, 6) is -2.99. The molecule has 0 saturated heterocycles. The molecule has 0 heterocycles. The summed E-state index contributed by atoms with van der Waals surface area (Å²) in [6.07, 6.45) is 0.